The molecular weight excluding hydrogens is 147 g/mol. The zero-order chi connectivity index (χ0) is 7.82. The number of carbonyl (C=O) groups excluding carboxylic acids is 1. The summed E-state index contributed by atoms with van der Waals surface area (Å²) >= 11 is 0. The number of ketones is 1. The molecule has 0 N–H and O–H groups in total. The summed E-state index contributed by atoms with van der Waals surface area (Å²) in [6.07, 6.45) is 4.37. The Labute approximate surface area is 63.8 Å². The van der Waals surface area contributed by atoms with Gasteiger partial charge in [-0.1, -0.05) is 12.2 Å². The van der Waals surface area contributed by atoms with Crippen LogP contribution in [-0.2, 0) is 9.53 Å². The lowest BCUT2D eigenvalue weighted by Crippen LogP contribution is -2.09. The highest BCUT2D eigenvalue weighted by molar-refractivity contribution is 7.18. The average molecular weight is 161 g/mol. The average Bonchev–Trinajstić information content (AvgIpc) is 1.98. The Hall–Kier alpha value is -0.200. The molecule has 1 unspecified atom stereocenters. The van der Waals surface area contributed by atoms with Crippen LogP contribution in [0.1, 0.15) is 6.92 Å². The Morgan fingerprint density at radius 2 is 2.40 bits per heavy atom. The van der Waals surface area contributed by atoms with Gasteiger partial charge in [0.2, 0.25) is 0 Å². The Morgan fingerprint density at radius 1 is 1.70 bits per heavy atom. The second-order valence-electron chi connectivity index (χ2n) is 1.87. The second kappa shape index (κ2) is 6.91. The van der Waals surface area contributed by atoms with E-state index >= 15 is 0 Å². The number of allylic oxidation sites excluding steroid dienone is 1. The van der Waals surface area contributed by atoms with Crippen molar-refractivity contribution >= 4 is 15.0 Å². The van der Waals surface area contributed by atoms with E-state index in [0.29, 0.717) is 12.8 Å². The molecule has 10 heavy (non-hydrogen) atoms. The zero-order valence-corrected chi connectivity index (χ0v) is 7.71. The highest BCUT2D eigenvalue weighted by atomic mass is 31.0. The summed E-state index contributed by atoms with van der Waals surface area (Å²) in [5.41, 5.74) is 0. The molecular formula is C7H14O2P+. The molecule has 0 aromatic carbocycles. The summed E-state index contributed by atoms with van der Waals surface area (Å²) in [7, 11) is 1.66. The van der Waals surface area contributed by atoms with Gasteiger partial charge in [-0.05, 0) is 16.2 Å². The van der Waals surface area contributed by atoms with Crippen molar-refractivity contribution in [3.05, 3.63) is 12.2 Å². The van der Waals surface area contributed by atoms with E-state index in [4.69, 9.17) is 4.74 Å². The van der Waals surface area contributed by atoms with E-state index in [1.807, 2.05) is 19.1 Å². The summed E-state index contributed by atoms with van der Waals surface area (Å²) in [5.74, 6) is 0.169. The van der Waals surface area contributed by atoms with Crippen molar-refractivity contribution in [3.63, 3.8) is 0 Å². The quantitative estimate of drug-likeness (QED) is 0.338. The van der Waals surface area contributed by atoms with Gasteiger partial charge in [0.15, 0.2) is 5.78 Å². The fraction of sp³-hybridized carbons (Fsp3) is 0.571. The van der Waals surface area contributed by atoms with Gasteiger partial charge in [-0.15, -0.1) is 0 Å². The normalized spacial score (nSPS) is 10.9. The van der Waals surface area contributed by atoms with Crippen LogP contribution in [-0.4, -0.2) is 25.2 Å². The molecule has 0 radical (unpaired) electrons. The Balaban J connectivity index is 3.11. The fourth-order valence-corrected chi connectivity index (χ4v) is 0.554. The third-order valence-electron chi connectivity index (χ3n) is 0.992. The molecule has 0 aliphatic rings. The topological polar surface area (TPSA) is 26.3 Å². The van der Waals surface area contributed by atoms with Crippen LogP contribution in [0.15, 0.2) is 12.2 Å². The Kier molecular flexibility index (Phi) is 6.78. The lowest BCUT2D eigenvalue weighted by molar-refractivity contribution is -0.120. The van der Waals surface area contributed by atoms with E-state index in [1.54, 1.807) is 9.24 Å². The Morgan fingerprint density at radius 3 is 2.90 bits per heavy atom. The van der Waals surface area contributed by atoms with Gasteiger partial charge in [-0.25, -0.2) is 0 Å². The maximum atomic E-state index is 10.6. The van der Waals surface area contributed by atoms with Crippen molar-refractivity contribution < 1.29 is 9.53 Å². The minimum absolute atomic E-state index is 0.169. The highest BCUT2D eigenvalue weighted by Crippen LogP contribution is 1.84. The molecule has 0 saturated carbocycles. The molecule has 0 saturated heterocycles. The monoisotopic (exact) mass is 161 g/mol. The maximum absolute atomic E-state index is 10.6. The van der Waals surface area contributed by atoms with Gasteiger partial charge < -0.3 is 4.74 Å². The molecule has 0 aliphatic carbocycles. The number of Topliss-reactive ketones (excluding diaryl/α,β-unsaturated/α-hetero) is 1. The summed E-state index contributed by atoms with van der Waals surface area (Å²) in [4.78, 5) is 10.6. The standard InChI is InChI=1S/C7H13O2P/c1-2-3-4-9-5-7(8)6-10/h2-3H,4-6,10H2,1H3/p+1/b3-2+. The molecule has 0 spiro atoms. The van der Waals surface area contributed by atoms with E-state index in [-0.39, 0.29) is 12.4 Å². The summed E-state index contributed by atoms with van der Waals surface area (Å²) < 4.78 is 4.99. The van der Waals surface area contributed by atoms with E-state index in [0.717, 1.165) is 0 Å². The lowest BCUT2D eigenvalue weighted by atomic mass is 10.5. The minimum Gasteiger partial charge on any atom is -0.369 e. The minimum atomic E-state index is 0.169. The lowest BCUT2D eigenvalue weighted by Gasteiger charge is -1.94. The van der Waals surface area contributed by atoms with Crippen molar-refractivity contribution in [1.82, 2.24) is 0 Å². The van der Waals surface area contributed by atoms with Crippen LogP contribution in [0, 0.1) is 0 Å². The van der Waals surface area contributed by atoms with E-state index in [9.17, 15) is 4.79 Å². The first-order chi connectivity index (χ1) is 4.81. The molecule has 58 valence electrons. The van der Waals surface area contributed by atoms with Crippen molar-refractivity contribution in [2.75, 3.05) is 19.4 Å². The van der Waals surface area contributed by atoms with Crippen molar-refractivity contribution in [2.24, 2.45) is 0 Å². The van der Waals surface area contributed by atoms with Crippen LogP contribution in [0.3, 0.4) is 0 Å². The smallest absolute Gasteiger partial charge is 0.194 e. The summed E-state index contributed by atoms with van der Waals surface area (Å²) in [5, 5.41) is 0. The fourth-order valence-electron chi connectivity index (χ4n) is 0.409. The highest BCUT2D eigenvalue weighted by Gasteiger charge is 1.97. The van der Waals surface area contributed by atoms with Gasteiger partial charge in [0.05, 0.1) is 6.61 Å². The number of carbonyl (C=O) groups is 1. The summed E-state index contributed by atoms with van der Waals surface area (Å²) in [6.45, 7) is 2.73. The predicted octanol–water partition coefficient (Wildman–Crippen LogP) is 0.756. The third-order valence-corrected chi connectivity index (χ3v) is 1.55. The Bertz CT molecular complexity index is 121. The van der Waals surface area contributed by atoms with Crippen LogP contribution in [0.25, 0.3) is 0 Å². The number of hydrogen-bond acceptors (Lipinski definition) is 2. The first-order valence-corrected chi connectivity index (χ1v) is 4.31. The number of hydrogen-bond donors (Lipinski definition) is 0. The van der Waals surface area contributed by atoms with Gasteiger partial charge in [0.1, 0.15) is 12.8 Å². The predicted molar refractivity (Wildman–Crippen MR) is 46.6 cm³/mol. The SMILES string of the molecule is C/C=C/COCC(=O)C[PH3+]. The van der Waals surface area contributed by atoms with Crippen LogP contribution in [0.2, 0.25) is 0 Å². The van der Waals surface area contributed by atoms with Crippen LogP contribution < -0.4 is 0 Å². The first kappa shape index (κ1) is 9.80. The third kappa shape index (κ3) is 5.93. The van der Waals surface area contributed by atoms with E-state index < -0.39 is 0 Å². The first-order valence-electron chi connectivity index (χ1n) is 3.31. The largest absolute Gasteiger partial charge is 0.369 e. The molecule has 0 aliphatic heterocycles. The molecule has 3 heteroatoms. The molecule has 0 aromatic rings. The number of rotatable bonds is 5. The summed E-state index contributed by atoms with van der Waals surface area (Å²) in [6, 6.07) is 0. The molecule has 2 nitrogen and oxygen atoms in total. The van der Waals surface area contributed by atoms with E-state index in [2.05, 4.69) is 0 Å². The van der Waals surface area contributed by atoms with Gasteiger partial charge in [0, 0.05) is 0 Å². The molecule has 0 rings (SSSR count). The maximum Gasteiger partial charge on any atom is 0.194 e. The van der Waals surface area contributed by atoms with E-state index in [1.165, 1.54) is 0 Å². The van der Waals surface area contributed by atoms with Crippen molar-refractivity contribution in [2.45, 2.75) is 6.92 Å². The molecule has 1 atom stereocenters. The van der Waals surface area contributed by atoms with Gasteiger partial charge >= 0.3 is 0 Å². The van der Waals surface area contributed by atoms with Crippen LogP contribution in [0.5, 0.6) is 0 Å². The molecule has 0 fully saturated rings. The molecule has 0 amide bonds. The second-order valence-corrected chi connectivity index (χ2v) is 2.37. The molecule has 0 bridgehead atoms. The van der Waals surface area contributed by atoms with Gasteiger partial charge in [0.25, 0.3) is 0 Å². The van der Waals surface area contributed by atoms with Crippen LogP contribution >= 0.6 is 9.24 Å². The van der Waals surface area contributed by atoms with Crippen molar-refractivity contribution in [1.29, 1.82) is 0 Å². The van der Waals surface area contributed by atoms with Gasteiger partial charge in [-0.2, -0.15) is 0 Å². The van der Waals surface area contributed by atoms with Gasteiger partial charge in [-0.3, -0.25) is 4.79 Å². The molecule has 0 aromatic heterocycles. The van der Waals surface area contributed by atoms with Crippen LogP contribution in [0.4, 0.5) is 0 Å². The van der Waals surface area contributed by atoms with Crippen molar-refractivity contribution in [3.8, 4) is 0 Å². The number of ether oxygens (including phenoxy) is 1. The zero-order valence-electron chi connectivity index (χ0n) is 6.30. The molecule has 0 heterocycles.